The molecule has 7 nitrogen and oxygen atoms in total. The van der Waals surface area contributed by atoms with Gasteiger partial charge in [0.15, 0.2) is 5.82 Å². The van der Waals surface area contributed by atoms with E-state index in [0.717, 1.165) is 5.56 Å². The van der Waals surface area contributed by atoms with E-state index in [4.69, 9.17) is 27.5 Å². The number of benzene rings is 2. The number of hydrogen-bond acceptors (Lipinski definition) is 4. The quantitative estimate of drug-likeness (QED) is 0.258. The van der Waals surface area contributed by atoms with Gasteiger partial charge in [0.2, 0.25) is 0 Å². The Kier molecular flexibility index (Phi) is 7.61. The van der Waals surface area contributed by atoms with Crippen molar-refractivity contribution in [1.82, 2.24) is 15.3 Å². The van der Waals surface area contributed by atoms with Gasteiger partial charge in [-0.1, -0.05) is 48.9 Å². The Morgan fingerprint density at radius 3 is 2.44 bits per heavy atom. The molecule has 9 heteroatoms. The van der Waals surface area contributed by atoms with E-state index in [0.29, 0.717) is 22.8 Å². The molecule has 1 amide bonds. The number of nitrogen functional groups attached to an aromatic ring is 1. The molecule has 2 aromatic carbocycles. The lowest BCUT2D eigenvalue weighted by atomic mass is 9.95. The van der Waals surface area contributed by atoms with Crippen LogP contribution in [0, 0.1) is 18.2 Å². The van der Waals surface area contributed by atoms with Crippen molar-refractivity contribution in [2.45, 2.75) is 52.7 Å². The van der Waals surface area contributed by atoms with Crippen LogP contribution < -0.4 is 15.8 Å². The zero-order chi connectivity index (χ0) is 25.2. The van der Waals surface area contributed by atoms with Gasteiger partial charge in [-0.15, -0.1) is 0 Å². The highest BCUT2D eigenvalue weighted by Gasteiger charge is 2.30. The Morgan fingerprint density at radius 1 is 1.24 bits per heavy atom. The summed E-state index contributed by atoms with van der Waals surface area (Å²) in [6.07, 6.45) is -0.337. The van der Waals surface area contributed by atoms with E-state index in [1.165, 1.54) is 6.07 Å². The van der Waals surface area contributed by atoms with Crippen molar-refractivity contribution < 1.29 is 13.9 Å². The number of nitrogens with zero attached hydrogens (tertiary/aromatic N) is 1. The van der Waals surface area contributed by atoms with Gasteiger partial charge in [0, 0.05) is 17.2 Å². The van der Waals surface area contributed by atoms with Crippen LogP contribution in [-0.4, -0.2) is 27.8 Å². The third-order valence-corrected chi connectivity index (χ3v) is 5.74. The minimum atomic E-state index is -0.855. The SMILES string of the molecule is Cc1[nH]c(C(C)c2cc(Cl)c(F)c(C(=O)NC(C)c3ccccc3)c2OC(C)C)nc1C(=N)N. The smallest absolute Gasteiger partial charge is 0.258 e. The Balaban J connectivity index is 2.10. The van der Waals surface area contributed by atoms with Crippen LogP contribution in [-0.2, 0) is 0 Å². The Labute approximate surface area is 203 Å². The minimum absolute atomic E-state index is 0.0978. The first-order chi connectivity index (χ1) is 16.0. The first-order valence-electron chi connectivity index (χ1n) is 11.0. The van der Waals surface area contributed by atoms with Gasteiger partial charge in [-0.25, -0.2) is 9.37 Å². The molecule has 2 atom stereocenters. The highest BCUT2D eigenvalue weighted by molar-refractivity contribution is 6.31. The number of ether oxygens (including phenoxy) is 1. The highest BCUT2D eigenvalue weighted by atomic mass is 35.5. The average Bonchev–Trinajstić information content (AvgIpc) is 3.18. The normalized spacial score (nSPS) is 12.9. The van der Waals surface area contributed by atoms with Crippen molar-refractivity contribution in [3.05, 3.63) is 81.1 Å². The molecule has 0 radical (unpaired) electrons. The average molecular weight is 486 g/mol. The van der Waals surface area contributed by atoms with Crippen LogP contribution in [0.5, 0.6) is 5.75 Å². The van der Waals surface area contributed by atoms with Crippen LogP contribution in [0.2, 0.25) is 5.02 Å². The minimum Gasteiger partial charge on any atom is -0.490 e. The molecule has 2 unspecified atom stereocenters. The number of aromatic amines is 1. The molecule has 1 heterocycles. The van der Waals surface area contributed by atoms with Gasteiger partial charge in [0.25, 0.3) is 5.91 Å². The van der Waals surface area contributed by atoms with E-state index >= 15 is 4.39 Å². The fourth-order valence-corrected chi connectivity index (χ4v) is 3.92. The Hall–Kier alpha value is -3.39. The lowest BCUT2D eigenvalue weighted by molar-refractivity contribution is 0.0929. The molecule has 0 saturated carbocycles. The molecule has 180 valence electrons. The van der Waals surface area contributed by atoms with E-state index in [1.54, 1.807) is 20.8 Å². The number of hydrogen-bond donors (Lipinski definition) is 4. The molecule has 0 saturated heterocycles. The van der Waals surface area contributed by atoms with E-state index in [1.807, 2.05) is 44.2 Å². The number of nitrogens with one attached hydrogen (secondary N) is 3. The second kappa shape index (κ2) is 10.3. The predicted octanol–water partition coefficient (Wildman–Crippen LogP) is 5.22. The maximum absolute atomic E-state index is 15.3. The van der Waals surface area contributed by atoms with Gasteiger partial charge in [0.05, 0.1) is 17.2 Å². The van der Waals surface area contributed by atoms with Crippen molar-refractivity contribution in [3.63, 3.8) is 0 Å². The Morgan fingerprint density at radius 2 is 1.88 bits per heavy atom. The number of carbonyl (C=O) groups excluding carboxylic acids is 1. The van der Waals surface area contributed by atoms with E-state index in [-0.39, 0.29) is 34.3 Å². The summed E-state index contributed by atoms with van der Waals surface area (Å²) in [5.41, 5.74) is 7.68. The summed E-state index contributed by atoms with van der Waals surface area (Å²) in [5.74, 6) is -1.54. The summed E-state index contributed by atoms with van der Waals surface area (Å²) in [6, 6.07) is 10.4. The highest BCUT2D eigenvalue weighted by Crippen LogP contribution is 2.39. The van der Waals surface area contributed by atoms with Crippen LogP contribution in [0.15, 0.2) is 36.4 Å². The third-order valence-electron chi connectivity index (χ3n) is 5.46. The molecule has 0 fully saturated rings. The van der Waals surface area contributed by atoms with E-state index in [2.05, 4.69) is 15.3 Å². The molecule has 3 aromatic rings. The van der Waals surface area contributed by atoms with Gasteiger partial charge < -0.3 is 20.8 Å². The first kappa shape index (κ1) is 25.2. The molecular formula is C25H29ClFN5O2. The molecular weight excluding hydrogens is 457 g/mol. The number of amidine groups is 1. The fraction of sp³-hybridized carbons (Fsp3) is 0.320. The van der Waals surface area contributed by atoms with Crippen molar-refractivity contribution in [1.29, 1.82) is 5.41 Å². The van der Waals surface area contributed by atoms with Gasteiger partial charge in [-0.3, -0.25) is 10.2 Å². The number of aromatic nitrogens is 2. The van der Waals surface area contributed by atoms with E-state index in [9.17, 15) is 4.79 Å². The molecule has 0 aliphatic heterocycles. The molecule has 3 rings (SSSR count). The molecule has 0 spiro atoms. The van der Waals surface area contributed by atoms with Crippen LogP contribution in [0.4, 0.5) is 4.39 Å². The third kappa shape index (κ3) is 5.22. The van der Waals surface area contributed by atoms with Gasteiger partial charge >= 0.3 is 0 Å². The summed E-state index contributed by atoms with van der Waals surface area (Å²) in [4.78, 5) is 20.8. The van der Waals surface area contributed by atoms with Crippen LogP contribution >= 0.6 is 11.6 Å². The summed E-state index contributed by atoms with van der Waals surface area (Å²) in [7, 11) is 0. The van der Waals surface area contributed by atoms with E-state index < -0.39 is 17.6 Å². The lowest BCUT2D eigenvalue weighted by Crippen LogP contribution is -2.29. The number of imidazole rings is 1. The summed E-state index contributed by atoms with van der Waals surface area (Å²) in [5, 5.41) is 10.3. The van der Waals surface area contributed by atoms with Gasteiger partial charge in [-0.2, -0.15) is 0 Å². The number of rotatable bonds is 8. The fourth-order valence-electron chi connectivity index (χ4n) is 3.71. The standard InChI is InChI=1S/C25H29ClFN5O2/c1-12(2)34-22-17(13(3)24-30-15(5)21(32-24)23(28)29)11-18(26)20(27)19(22)25(33)31-14(4)16-9-7-6-8-10-16/h6-14H,1-5H3,(H3,28,29)(H,30,32)(H,31,33). The van der Waals surface area contributed by atoms with Crippen molar-refractivity contribution >= 4 is 23.3 Å². The summed E-state index contributed by atoms with van der Waals surface area (Å²) in [6.45, 7) is 8.98. The summed E-state index contributed by atoms with van der Waals surface area (Å²) < 4.78 is 21.3. The number of H-pyrrole nitrogens is 1. The zero-order valence-electron chi connectivity index (χ0n) is 19.8. The predicted molar refractivity (Wildman–Crippen MR) is 131 cm³/mol. The number of nitrogens with two attached hydrogens (primary N) is 1. The largest absolute Gasteiger partial charge is 0.490 e. The van der Waals surface area contributed by atoms with Crippen molar-refractivity contribution in [2.75, 3.05) is 0 Å². The number of aryl methyl sites for hydroxylation is 1. The van der Waals surface area contributed by atoms with Gasteiger partial charge in [-0.05, 0) is 39.3 Å². The monoisotopic (exact) mass is 485 g/mol. The second-order valence-electron chi connectivity index (χ2n) is 8.47. The molecule has 0 bridgehead atoms. The molecule has 34 heavy (non-hydrogen) atoms. The zero-order valence-corrected chi connectivity index (χ0v) is 20.5. The van der Waals surface area contributed by atoms with Crippen LogP contribution in [0.1, 0.15) is 78.4 Å². The number of halogens is 2. The lowest BCUT2D eigenvalue weighted by Gasteiger charge is -2.23. The maximum Gasteiger partial charge on any atom is 0.258 e. The second-order valence-corrected chi connectivity index (χ2v) is 8.88. The van der Waals surface area contributed by atoms with Gasteiger partial charge in [0.1, 0.15) is 28.7 Å². The number of amides is 1. The number of carbonyl (C=O) groups is 1. The molecule has 5 N–H and O–H groups in total. The van der Waals surface area contributed by atoms with Crippen molar-refractivity contribution in [3.8, 4) is 5.75 Å². The van der Waals surface area contributed by atoms with Crippen LogP contribution in [0.3, 0.4) is 0 Å². The topological polar surface area (TPSA) is 117 Å². The molecule has 1 aromatic heterocycles. The Bertz CT molecular complexity index is 1210. The van der Waals surface area contributed by atoms with Crippen molar-refractivity contribution in [2.24, 2.45) is 5.73 Å². The molecule has 0 aliphatic rings. The first-order valence-corrected chi connectivity index (χ1v) is 11.3. The van der Waals surface area contributed by atoms with Crippen LogP contribution in [0.25, 0.3) is 0 Å². The molecule has 0 aliphatic carbocycles. The summed E-state index contributed by atoms with van der Waals surface area (Å²) >= 11 is 6.25. The maximum atomic E-state index is 15.3.